The fourth-order valence-corrected chi connectivity index (χ4v) is 2.13. The molecule has 3 rings (SSSR count). The molecule has 0 aliphatic rings. The van der Waals surface area contributed by atoms with Crippen molar-refractivity contribution >= 4 is 22.8 Å². The number of anilines is 1. The molecule has 8 nitrogen and oxygen atoms in total. The summed E-state index contributed by atoms with van der Waals surface area (Å²) in [4.78, 5) is 19.5. The summed E-state index contributed by atoms with van der Waals surface area (Å²) < 4.78 is 5.17. The van der Waals surface area contributed by atoms with Crippen LogP contribution in [-0.4, -0.2) is 39.7 Å². The molecule has 1 amide bonds. The van der Waals surface area contributed by atoms with Crippen LogP contribution in [0.1, 0.15) is 16.3 Å². The van der Waals surface area contributed by atoms with E-state index >= 15 is 0 Å². The predicted molar refractivity (Wildman–Crippen MR) is 81.7 cm³/mol. The van der Waals surface area contributed by atoms with Crippen LogP contribution < -0.4 is 15.8 Å². The Morgan fingerprint density at radius 3 is 3.00 bits per heavy atom. The predicted octanol–water partition coefficient (Wildman–Crippen LogP) is 0.849. The molecule has 0 aliphatic heterocycles. The van der Waals surface area contributed by atoms with Crippen LogP contribution in [0.15, 0.2) is 24.3 Å². The number of methoxy groups -OCH3 is 1. The van der Waals surface area contributed by atoms with Crippen molar-refractivity contribution in [3.63, 3.8) is 0 Å². The first-order valence-electron chi connectivity index (χ1n) is 6.77. The fraction of sp³-hybridized carbons (Fsp3) is 0.214. The number of hydrogen-bond acceptors (Lipinski definition) is 5. The van der Waals surface area contributed by atoms with Crippen molar-refractivity contribution in [2.75, 3.05) is 19.4 Å². The van der Waals surface area contributed by atoms with Crippen molar-refractivity contribution < 1.29 is 9.53 Å². The van der Waals surface area contributed by atoms with Gasteiger partial charge in [0.05, 0.1) is 18.1 Å². The Morgan fingerprint density at radius 1 is 1.41 bits per heavy atom. The summed E-state index contributed by atoms with van der Waals surface area (Å²) in [6.45, 7) is 0.453. The van der Waals surface area contributed by atoms with Gasteiger partial charge in [-0.2, -0.15) is 5.10 Å². The van der Waals surface area contributed by atoms with Gasteiger partial charge in [-0.3, -0.25) is 9.89 Å². The van der Waals surface area contributed by atoms with Crippen molar-refractivity contribution in [1.29, 1.82) is 0 Å². The smallest absolute Gasteiger partial charge is 0.269 e. The summed E-state index contributed by atoms with van der Waals surface area (Å²) >= 11 is 0. The highest BCUT2D eigenvalue weighted by Gasteiger charge is 2.09. The lowest BCUT2D eigenvalue weighted by atomic mass is 10.3. The van der Waals surface area contributed by atoms with Crippen molar-refractivity contribution in [3.8, 4) is 5.75 Å². The molecule has 0 saturated carbocycles. The molecular formula is C14H16N6O2. The van der Waals surface area contributed by atoms with E-state index < -0.39 is 0 Å². The number of imidazole rings is 1. The number of nitrogens with one attached hydrogen (secondary N) is 3. The number of fused-ring (bicyclic) bond motifs is 1. The minimum Gasteiger partial charge on any atom is -0.497 e. The van der Waals surface area contributed by atoms with Gasteiger partial charge in [0, 0.05) is 25.1 Å². The maximum atomic E-state index is 11.8. The van der Waals surface area contributed by atoms with Gasteiger partial charge in [-0.25, -0.2) is 4.98 Å². The Labute approximate surface area is 126 Å². The molecule has 2 heterocycles. The SMILES string of the molecule is COc1ccc2nc(CCNC(=O)c3cc(N)n[nH]3)[nH]c2c1. The van der Waals surface area contributed by atoms with Gasteiger partial charge in [-0.1, -0.05) is 0 Å². The van der Waals surface area contributed by atoms with E-state index in [-0.39, 0.29) is 11.7 Å². The van der Waals surface area contributed by atoms with Crippen molar-refractivity contribution in [2.24, 2.45) is 0 Å². The topological polar surface area (TPSA) is 122 Å². The lowest BCUT2D eigenvalue weighted by molar-refractivity contribution is 0.0949. The van der Waals surface area contributed by atoms with Crippen molar-refractivity contribution in [1.82, 2.24) is 25.5 Å². The number of ether oxygens (including phenoxy) is 1. The van der Waals surface area contributed by atoms with Gasteiger partial charge in [0.1, 0.15) is 23.1 Å². The Morgan fingerprint density at radius 2 is 2.27 bits per heavy atom. The number of aromatic amines is 2. The molecule has 1 aromatic carbocycles. The largest absolute Gasteiger partial charge is 0.497 e. The van der Waals surface area contributed by atoms with E-state index in [1.54, 1.807) is 7.11 Å². The van der Waals surface area contributed by atoms with Crippen LogP contribution >= 0.6 is 0 Å². The average Bonchev–Trinajstić information content (AvgIpc) is 3.12. The number of nitrogens with zero attached hydrogens (tertiary/aromatic N) is 2. The number of carbonyl (C=O) groups is 1. The van der Waals surface area contributed by atoms with Crippen LogP contribution in [0.4, 0.5) is 5.82 Å². The Bertz CT molecular complexity index is 807. The Kier molecular flexibility index (Phi) is 3.65. The van der Waals surface area contributed by atoms with Gasteiger partial charge in [0.15, 0.2) is 0 Å². The maximum absolute atomic E-state index is 11.8. The molecule has 0 unspecified atom stereocenters. The lowest BCUT2D eigenvalue weighted by Gasteiger charge is -2.01. The minimum absolute atomic E-state index is 0.248. The third kappa shape index (κ3) is 2.85. The second-order valence-corrected chi connectivity index (χ2v) is 4.78. The average molecular weight is 300 g/mol. The fourth-order valence-electron chi connectivity index (χ4n) is 2.13. The summed E-state index contributed by atoms with van der Waals surface area (Å²) in [5, 5.41) is 9.05. The molecule has 0 aliphatic carbocycles. The first kappa shape index (κ1) is 13.9. The molecule has 0 fully saturated rings. The summed E-state index contributed by atoms with van der Waals surface area (Å²) in [5.41, 5.74) is 7.56. The number of nitrogens with two attached hydrogens (primary N) is 1. The molecule has 5 N–H and O–H groups in total. The quantitative estimate of drug-likeness (QED) is 0.556. The zero-order valence-corrected chi connectivity index (χ0v) is 12.0. The van der Waals surface area contributed by atoms with Crippen LogP contribution in [0.5, 0.6) is 5.75 Å². The number of benzene rings is 1. The number of H-pyrrole nitrogens is 2. The number of hydrogen-bond donors (Lipinski definition) is 4. The molecule has 0 radical (unpaired) electrons. The van der Waals surface area contributed by atoms with Crippen LogP contribution in [0.3, 0.4) is 0 Å². The third-order valence-electron chi connectivity index (χ3n) is 3.23. The second-order valence-electron chi connectivity index (χ2n) is 4.78. The van der Waals surface area contributed by atoms with E-state index in [4.69, 9.17) is 10.5 Å². The Hall–Kier alpha value is -3.03. The van der Waals surface area contributed by atoms with Gasteiger partial charge in [0.25, 0.3) is 5.91 Å². The van der Waals surface area contributed by atoms with Crippen LogP contribution in [0, 0.1) is 0 Å². The standard InChI is InChI=1S/C14H16N6O2/c1-22-8-2-3-9-10(6-8)18-13(17-9)4-5-16-14(21)11-7-12(15)20-19-11/h2-3,6-7H,4-5H2,1H3,(H,16,21)(H,17,18)(H3,15,19,20). The highest BCUT2D eigenvalue weighted by atomic mass is 16.5. The van der Waals surface area contributed by atoms with E-state index in [0.29, 0.717) is 18.7 Å². The molecule has 0 atom stereocenters. The number of amides is 1. The van der Waals surface area contributed by atoms with Gasteiger partial charge in [-0.05, 0) is 12.1 Å². The van der Waals surface area contributed by atoms with Gasteiger partial charge in [0.2, 0.25) is 0 Å². The highest BCUT2D eigenvalue weighted by Crippen LogP contribution is 2.18. The Balaban J connectivity index is 1.60. The summed E-state index contributed by atoms with van der Waals surface area (Å²) in [6, 6.07) is 7.12. The van der Waals surface area contributed by atoms with Crippen molar-refractivity contribution in [3.05, 3.63) is 35.8 Å². The molecule has 0 saturated heterocycles. The van der Waals surface area contributed by atoms with E-state index in [2.05, 4.69) is 25.5 Å². The lowest BCUT2D eigenvalue weighted by Crippen LogP contribution is -2.26. The van der Waals surface area contributed by atoms with Gasteiger partial charge < -0.3 is 20.8 Å². The first-order chi connectivity index (χ1) is 10.7. The van der Waals surface area contributed by atoms with Gasteiger partial charge >= 0.3 is 0 Å². The van der Waals surface area contributed by atoms with E-state index in [1.165, 1.54) is 6.07 Å². The van der Waals surface area contributed by atoms with Crippen molar-refractivity contribution in [2.45, 2.75) is 6.42 Å². The second kappa shape index (κ2) is 5.76. The van der Waals surface area contributed by atoms with Crippen LogP contribution in [0.2, 0.25) is 0 Å². The summed E-state index contributed by atoms with van der Waals surface area (Å²) in [7, 11) is 1.62. The highest BCUT2D eigenvalue weighted by molar-refractivity contribution is 5.92. The zero-order valence-electron chi connectivity index (χ0n) is 12.0. The monoisotopic (exact) mass is 300 g/mol. The third-order valence-corrected chi connectivity index (χ3v) is 3.23. The minimum atomic E-state index is -0.248. The van der Waals surface area contributed by atoms with E-state index in [9.17, 15) is 4.79 Å². The molecule has 22 heavy (non-hydrogen) atoms. The summed E-state index contributed by atoms with van der Waals surface area (Å²) in [5.74, 6) is 1.61. The first-order valence-corrected chi connectivity index (χ1v) is 6.77. The molecular weight excluding hydrogens is 284 g/mol. The molecule has 0 bridgehead atoms. The van der Waals surface area contributed by atoms with E-state index in [0.717, 1.165) is 22.6 Å². The normalized spacial score (nSPS) is 10.8. The number of rotatable bonds is 5. The van der Waals surface area contributed by atoms with Crippen LogP contribution in [-0.2, 0) is 6.42 Å². The number of aromatic nitrogens is 4. The molecule has 114 valence electrons. The van der Waals surface area contributed by atoms with Gasteiger partial charge in [-0.15, -0.1) is 0 Å². The van der Waals surface area contributed by atoms with Crippen LogP contribution in [0.25, 0.3) is 11.0 Å². The summed E-state index contributed by atoms with van der Waals surface area (Å²) in [6.07, 6.45) is 0.590. The number of nitrogen functional groups attached to an aromatic ring is 1. The zero-order chi connectivity index (χ0) is 15.5. The molecule has 0 spiro atoms. The van der Waals surface area contributed by atoms with E-state index in [1.807, 2.05) is 18.2 Å². The molecule has 8 heteroatoms. The maximum Gasteiger partial charge on any atom is 0.269 e. The molecule has 2 aromatic heterocycles. The number of carbonyl (C=O) groups excluding carboxylic acids is 1. The molecule has 3 aromatic rings.